The van der Waals surface area contributed by atoms with E-state index in [0.29, 0.717) is 52.6 Å². The van der Waals surface area contributed by atoms with Gasteiger partial charge in [-0.1, -0.05) is 62.4 Å². The first-order valence-corrected chi connectivity index (χ1v) is 27.8. The number of aromatic nitrogens is 2. The number of para-hydroxylation sites is 2. The van der Waals surface area contributed by atoms with Gasteiger partial charge in [0.05, 0.1) is 12.6 Å². The van der Waals surface area contributed by atoms with Crippen LogP contribution in [0.25, 0.3) is 21.8 Å². The average molecular weight is 1120 g/mol. The number of aliphatic imine (C=N–C) groups is 1. The van der Waals surface area contributed by atoms with Crippen LogP contribution in [0, 0.1) is 5.92 Å². The van der Waals surface area contributed by atoms with E-state index in [-0.39, 0.29) is 56.9 Å². The first-order valence-electron chi connectivity index (χ1n) is 26.4. The highest BCUT2D eigenvalue weighted by Gasteiger charge is 2.39. The Morgan fingerprint density at radius 3 is 1.82 bits per heavy atom. The van der Waals surface area contributed by atoms with E-state index in [4.69, 9.17) is 17.2 Å². The molecule has 3 aromatic carbocycles. The molecule has 1 aliphatic rings. The van der Waals surface area contributed by atoms with Crippen molar-refractivity contribution in [3.8, 4) is 5.75 Å². The van der Waals surface area contributed by atoms with Crippen LogP contribution in [0.2, 0.25) is 0 Å². The molecule has 0 radical (unpaired) electrons. The first-order chi connectivity index (χ1) is 38.3. The van der Waals surface area contributed by atoms with Crippen molar-refractivity contribution in [3.63, 3.8) is 0 Å². The van der Waals surface area contributed by atoms with Gasteiger partial charge < -0.3 is 79.3 Å². The summed E-state index contributed by atoms with van der Waals surface area (Å²) in [6, 6.07) is 9.90. The second kappa shape index (κ2) is 29.2. The molecule has 7 amide bonds. The Morgan fingerprint density at radius 2 is 1.24 bits per heavy atom. The second-order valence-electron chi connectivity index (χ2n) is 20.1. The summed E-state index contributed by atoms with van der Waals surface area (Å²) in [4.78, 5) is 123. The van der Waals surface area contributed by atoms with Crippen LogP contribution in [-0.4, -0.2) is 164 Å². The number of benzene rings is 3. The zero-order valence-electron chi connectivity index (χ0n) is 44.9. The Balaban J connectivity index is 1.21. The molecule has 3 heterocycles. The molecule has 1 saturated heterocycles. The number of likely N-dealkylation sites (tertiary alicyclic amines) is 1. The highest BCUT2D eigenvalue weighted by molar-refractivity contribution is 7.98. The van der Waals surface area contributed by atoms with Crippen molar-refractivity contribution in [2.45, 2.75) is 114 Å². The summed E-state index contributed by atoms with van der Waals surface area (Å²) in [6.07, 6.45) is 6.16. The topological polar surface area (TPSA) is 395 Å². The van der Waals surface area contributed by atoms with Gasteiger partial charge in [0, 0.05) is 66.6 Å². The Kier molecular flexibility index (Phi) is 22.3. The van der Waals surface area contributed by atoms with Gasteiger partial charge in [0.15, 0.2) is 5.96 Å². The molecule has 8 atom stereocenters. The number of phenols is 1. The number of amides is 7. The summed E-state index contributed by atoms with van der Waals surface area (Å²) in [5.74, 6) is -7.03. The Bertz CT molecular complexity index is 3000. The van der Waals surface area contributed by atoms with Crippen molar-refractivity contribution in [3.05, 3.63) is 102 Å². The van der Waals surface area contributed by atoms with Crippen LogP contribution in [0.1, 0.15) is 62.6 Å². The van der Waals surface area contributed by atoms with E-state index < -0.39 is 108 Å². The minimum absolute atomic E-state index is 0.0329. The summed E-state index contributed by atoms with van der Waals surface area (Å²) in [5.41, 5.74) is 20.4. The maximum atomic E-state index is 14.7. The number of carboxylic acids is 1. The number of nitrogens with two attached hydrogens (primary N) is 3. The van der Waals surface area contributed by atoms with E-state index in [1.165, 1.54) is 40.9 Å². The molecule has 1 aliphatic heterocycles. The molecule has 0 unspecified atom stereocenters. The van der Waals surface area contributed by atoms with E-state index in [1.807, 2.05) is 30.5 Å². The number of H-pyrrole nitrogens is 2. The maximum absolute atomic E-state index is 14.7. The normalized spacial score (nSPS) is 15.9. The van der Waals surface area contributed by atoms with Crippen LogP contribution in [0.5, 0.6) is 5.75 Å². The maximum Gasteiger partial charge on any atom is 0.326 e. The lowest BCUT2D eigenvalue weighted by molar-refractivity contribution is -0.142. The number of phenolic OH excluding ortho intramolecular Hbond substituents is 1. The quantitative estimate of drug-likeness (QED) is 0.0172. The number of nitrogens with one attached hydrogen (secondary N) is 8. The van der Waals surface area contributed by atoms with Gasteiger partial charge in [-0.2, -0.15) is 11.8 Å². The van der Waals surface area contributed by atoms with Gasteiger partial charge in [0.2, 0.25) is 41.4 Å². The molecular weight excluding hydrogens is 1050 g/mol. The van der Waals surface area contributed by atoms with Crippen LogP contribution < -0.4 is 49.1 Å². The number of rotatable bonds is 29. The predicted molar refractivity (Wildman–Crippen MR) is 303 cm³/mol. The molecule has 0 aliphatic carbocycles. The lowest BCUT2D eigenvalue weighted by Gasteiger charge is -2.29. The zero-order valence-corrected chi connectivity index (χ0v) is 45.7. The molecule has 6 rings (SSSR count). The minimum atomic E-state index is -1.69. The van der Waals surface area contributed by atoms with Crippen molar-refractivity contribution < 1.29 is 53.7 Å². The molecule has 1 fully saturated rings. The fourth-order valence-electron chi connectivity index (χ4n) is 9.51. The second-order valence-corrected chi connectivity index (χ2v) is 21.1. The lowest BCUT2D eigenvalue weighted by Crippen LogP contribution is -2.61. The third kappa shape index (κ3) is 16.7. The summed E-state index contributed by atoms with van der Waals surface area (Å²) >= 11 is 1.53. The predicted octanol–water partition coefficient (Wildman–Crippen LogP) is 0.149. The van der Waals surface area contributed by atoms with E-state index in [1.54, 1.807) is 50.5 Å². The molecule has 80 heavy (non-hydrogen) atoms. The molecule has 2 aromatic heterocycles. The number of guanidine groups is 1. The summed E-state index contributed by atoms with van der Waals surface area (Å²) in [7, 11) is 0. The molecule has 25 heteroatoms. The Hall–Kier alpha value is -8.16. The summed E-state index contributed by atoms with van der Waals surface area (Å²) < 4.78 is 0. The van der Waals surface area contributed by atoms with Crippen LogP contribution in [-0.2, 0) is 57.6 Å². The molecule has 0 bridgehead atoms. The number of fused-ring (bicyclic) bond motifs is 2. The zero-order chi connectivity index (χ0) is 58.0. The highest BCUT2D eigenvalue weighted by atomic mass is 32.2. The number of aromatic hydroxyl groups is 1. The number of aliphatic hydroxyl groups excluding tert-OH is 1. The van der Waals surface area contributed by atoms with Crippen molar-refractivity contribution in [1.29, 1.82) is 0 Å². The van der Waals surface area contributed by atoms with Gasteiger partial charge in [-0.25, -0.2) is 4.79 Å². The molecule has 0 saturated carbocycles. The number of hydrogen-bond acceptors (Lipinski definition) is 13. The largest absolute Gasteiger partial charge is 0.508 e. The fourth-order valence-corrected chi connectivity index (χ4v) is 10.0. The number of carbonyl (C=O) groups excluding carboxylic acids is 7. The van der Waals surface area contributed by atoms with Gasteiger partial charge in [-0.05, 0) is 91.0 Å². The van der Waals surface area contributed by atoms with Gasteiger partial charge >= 0.3 is 5.97 Å². The first kappa shape index (κ1) is 61.1. The number of carbonyl (C=O) groups is 8. The molecule has 430 valence electrons. The monoisotopic (exact) mass is 1120 g/mol. The van der Waals surface area contributed by atoms with Gasteiger partial charge in [0.1, 0.15) is 48.0 Å². The van der Waals surface area contributed by atoms with Gasteiger partial charge in [0.25, 0.3) is 0 Å². The number of nitrogens with zero attached hydrogens (tertiary/aromatic N) is 2. The van der Waals surface area contributed by atoms with Crippen molar-refractivity contribution in [1.82, 2.24) is 46.8 Å². The molecule has 17 N–H and O–H groups in total. The lowest BCUT2D eigenvalue weighted by atomic mass is 9.99. The van der Waals surface area contributed by atoms with Gasteiger partial charge in [-0.3, -0.25) is 38.6 Å². The number of hydrogen-bond donors (Lipinski definition) is 14. The molecular formula is C55H73N13O11S. The number of aliphatic carboxylic acids is 1. The Labute approximate surface area is 466 Å². The molecule has 0 spiro atoms. The van der Waals surface area contributed by atoms with Crippen molar-refractivity contribution >= 4 is 86.8 Å². The summed E-state index contributed by atoms with van der Waals surface area (Å²) in [5, 5.41) is 48.3. The molecule has 5 aromatic rings. The van der Waals surface area contributed by atoms with E-state index >= 15 is 0 Å². The number of carboxylic acid groups (broad SMARTS) is 1. The van der Waals surface area contributed by atoms with Crippen molar-refractivity contribution in [2.24, 2.45) is 28.1 Å². The smallest absolute Gasteiger partial charge is 0.326 e. The average Bonchev–Trinajstić information content (AvgIpc) is 4.25. The van der Waals surface area contributed by atoms with Gasteiger partial charge in [-0.15, -0.1) is 0 Å². The van der Waals surface area contributed by atoms with E-state index in [2.05, 4.69) is 46.9 Å². The Morgan fingerprint density at radius 1 is 0.700 bits per heavy atom. The van der Waals surface area contributed by atoms with Crippen LogP contribution in [0.3, 0.4) is 0 Å². The van der Waals surface area contributed by atoms with Crippen LogP contribution in [0.15, 0.2) is 90.2 Å². The highest BCUT2D eigenvalue weighted by Crippen LogP contribution is 2.23. The van der Waals surface area contributed by atoms with Crippen molar-refractivity contribution in [2.75, 3.05) is 31.7 Å². The number of aliphatic hydroxyl groups is 1. The number of thioether (sulfide) groups is 1. The third-order valence-electron chi connectivity index (χ3n) is 13.9. The molecule has 24 nitrogen and oxygen atoms in total. The fraction of sp³-hybridized carbons (Fsp3) is 0.436. The summed E-state index contributed by atoms with van der Waals surface area (Å²) in [6.45, 7) is 2.69. The number of aromatic amines is 2. The van der Waals surface area contributed by atoms with E-state index in [9.17, 15) is 53.7 Å². The van der Waals surface area contributed by atoms with Crippen LogP contribution in [0.4, 0.5) is 0 Å². The SMILES string of the molecule is CSCC[C@H](N)C(=O)N1CCC[C@H]1C(=O)N[C@@H](CCCN=C(N)N)C(=O)N[C@@H](CO)C(=O)N[C@@H](Cc1c[nH]c2ccccc12)C(=O)N[C@H](C(=O)N[C@@H](Cc1ccc(O)cc1)C(=O)N[C@@H](Cc1c[nH]c2ccccc12)C(=O)O)C(C)C. The van der Waals surface area contributed by atoms with E-state index in [0.717, 1.165) is 10.9 Å². The third-order valence-corrected chi connectivity index (χ3v) is 14.5. The standard InChI is InChI=1S/C55H73N13O11S/c1-30(2)46(52(76)64-41(24-31-16-18-34(70)19-17-31)48(72)65-43(54(78)79)26-33-28-61-39-13-7-5-11-36(33)39)67-49(73)42(25-32-27-60-38-12-6-4-10-35(32)38)63-50(74)44(29-69)66-47(71)40(14-8-21-59-55(57)58)62-51(75)45-15-9-22-68(45)53(77)37(56)20-23-80-3/h4-7,10-13,16-19,27-28,30,37,40-46,60-61,69-70H,8-9,14-15,20-26,29,56H2,1-3H3,(H,62,75)(H,63,74)(H,64,76)(H,65,72)(H,66,71)(H,67,73)(H,78,79)(H4,57,58,59)/t37-,40-,41-,42-,43-,44-,45-,46-/m0/s1. The van der Waals surface area contributed by atoms with Crippen LogP contribution >= 0.6 is 11.8 Å². The minimum Gasteiger partial charge on any atom is -0.508 e.